The highest BCUT2D eigenvalue weighted by molar-refractivity contribution is 5.86. The van der Waals surface area contributed by atoms with Crippen LogP contribution in [0.3, 0.4) is 0 Å². The lowest BCUT2D eigenvalue weighted by atomic mass is 10.1. The van der Waals surface area contributed by atoms with Crippen LogP contribution in [0.1, 0.15) is 31.4 Å². The lowest BCUT2D eigenvalue weighted by molar-refractivity contribution is 0.204. The van der Waals surface area contributed by atoms with E-state index in [2.05, 4.69) is 48.2 Å². The van der Waals surface area contributed by atoms with Crippen LogP contribution >= 0.6 is 0 Å². The van der Waals surface area contributed by atoms with Gasteiger partial charge in [-0.2, -0.15) is 15.0 Å². The molecule has 152 valence electrons. The van der Waals surface area contributed by atoms with Crippen molar-refractivity contribution in [3.05, 3.63) is 36.4 Å². The van der Waals surface area contributed by atoms with Gasteiger partial charge in [0.1, 0.15) is 12.4 Å². The summed E-state index contributed by atoms with van der Waals surface area (Å²) in [6.07, 6.45) is 8.49. The Balaban J connectivity index is 1.29. The molecule has 1 aliphatic heterocycles. The summed E-state index contributed by atoms with van der Waals surface area (Å²) in [5.41, 5.74) is 3.18. The van der Waals surface area contributed by atoms with Crippen LogP contribution in [0.25, 0.3) is 10.9 Å². The average Bonchev–Trinajstić information content (AvgIpc) is 3.40. The molecule has 0 bridgehead atoms. The monoisotopic (exact) mass is 393 g/mol. The van der Waals surface area contributed by atoms with Crippen molar-refractivity contribution in [2.75, 3.05) is 31.1 Å². The molecule has 5 rings (SSSR count). The van der Waals surface area contributed by atoms with E-state index in [0.29, 0.717) is 6.10 Å². The highest BCUT2D eigenvalue weighted by Crippen LogP contribution is 2.30. The van der Waals surface area contributed by atoms with Gasteiger partial charge in [0.2, 0.25) is 5.88 Å². The Labute approximate surface area is 170 Å². The number of benzene rings is 1. The maximum absolute atomic E-state index is 6.22. The Hall–Kier alpha value is -2.74. The highest BCUT2D eigenvalue weighted by Gasteiger charge is 2.21. The topological polar surface area (TPSA) is 72.2 Å². The third-order valence-electron chi connectivity index (χ3n) is 5.93. The van der Waals surface area contributed by atoms with Crippen LogP contribution in [0.15, 0.2) is 30.7 Å². The van der Waals surface area contributed by atoms with E-state index in [1.165, 1.54) is 18.5 Å². The number of ether oxygens (including phenoxy) is 1. The van der Waals surface area contributed by atoms with Crippen molar-refractivity contribution in [2.45, 2.75) is 38.3 Å². The fourth-order valence-corrected chi connectivity index (χ4v) is 4.33. The van der Waals surface area contributed by atoms with E-state index >= 15 is 0 Å². The van der Waals surface area contributed by atoms with Crippen LogP contribution in [0.2, 0.25) is 0 Å². The molecule has 2 fully saturated rings. The number of rotatable bonds is 5. The van der Waals surface area contributed by atoms with E-state index in [1.54, 1.807) is 11.1 Å². The fraction of sp³-hybridized carbons (Fsp3) is 0.524. The predicted octanol–water partition coefficient (Wildman–Crippen LogP) is 2.40. The lowest BCUT2D eigenvalue weighted by Crippen LogP contribution is -2.46. The smallest absolute Gasteiger partial charge is 0.224 e. The second-order valence-corrected chi connectivity index (χ2v) is 7.99. The SMILES string of the molecule is Cn1ncc(CN2CCN(c3ccc4ncnc(OC5CCCC5)c4c3)CC2)n1. The molecule has 0 N–H and O–H groups in total. The molecule has 8 heteroatoms. The number of hydrogen-bond donors (Lipinski definition) is 0. The normalized spacial score (nSPS) is 18.6. The van der Waals surface area contributed by atoms with Crippen LogP contribution < -0.4 is 9.64 Å². The minimum absolute atomic E-state index is 0.293. The van der Waals surface area contributed by atoms with Gasteiger partial charge in [0.15, 0.2) is 0 Å². The van der Waals surface area contributed by atoms with Crippen molar-refractivity contribution in [1.82, 2.24) is 29.9 Å². The van der Waals surface area contributed by atoms with Crippen molar-refractivity contribution in [3.63, 3.8) is 0 Å². The number of aryl methyl sites for hydroxylation is 1. The third kappa shape index (κ3) is 4.03. The molecule has 0 radical (unpaired) electrons. The minimum atomic E-state index is 0.293. The summed E-state index contributed by atoms with van der Waals surface area (Å²) in [7, 11) is 1.86. The molecule has 0 spiro atoms. The highest BCUT2D eigenvalue weighted by atomic mass is 16.5. The quantitative estimate of drug-likeness (QED) is 0.659. The van der Waals surface area contributed by atoms with Gasteiger partial charge in [-0.15, -0.1) is 0 Å². The van der Waals surface area contributed by atoms with E-state index in [0.717, 1.165) is 68.0 Å². The molecule has 1 saturated heterocycles. The minimum Gasteiger partial charge on any atom is -0.474 e. The van der Waals surface area contributed by atoms with Crippen molar-refractivity contribution in [3.8, 4) is 5.88 Å². The number of hydrogen-bond acceptors (Lipinski definition) is 7. The van der Waals surface area contributed by atoms with Gasteiger partial charge in [-0.25, -0.2) is 9.97 Å². The van der Waals surface area contributed by atoms with Crippen molar-refractivity contribution in [2.24, 2.45) is 7.05 Å². The summed E-state index contributed by atoms with van der Waals surface area (Å²) in [6.45, 7) is 4.83. The van der Waals surface area contributed by atoms with Crippen molar-refractivity contribution < 1.29 is 4.74 Å². The second kappa shape index (κ2) is 7.94. The number of nitrogens with zero attached hydrogens (tertiary/aromatic N) is 7. The van der Waals surface area contributed by atoms with Gasteiger partial charge in [0.25, 0.3) is 0 Å². The Morgan fingerprint density at radius 3 is 2.66 bits per heavy atom. The first-order valence-electron chi connectivity index (χ1n) is 10.5. The van der Waals surface area contributed by atoms with Gasteiger partial charge in [0, 0.05) is 45.5 Å². The van der Waals surface area contributed by atoms with Crippen LogP contribution in [0, 0.1) is 0 Å². The molecule has 29 heavy (non-hydrogen) atoms. The predicted molar refractivity (Wildman–Crippen MR) is 111 cm³/mol. The summed E-state index contributed by atoms with van der Waals surface area (Å²) in [6, 6.07) is 6.44. The van der Waals surface area contributed by atoms with Crippen LogP contribution in [-0.4, -0.2) is 62.1 Å². The summed E-state index contributed by atoms with van der Waals surface area (Å²) < 4.78 is 6.22. The zero-order valence-corrected chi connectivity index (χ0v) is 16.9. The number of fused-ring (bicyclic) bond motifs is 1. The molecule has 1 aliphatic carbocycles. The molecule has 2 aliphatic rings. The average molecular weight is 393 g/mol. The zero-order valence-electron chi connectivity index (χ0n) is 16.9. The number of piperazine rings is 1. The molecule has 2 aromatic heterocycles. The molecule has 8 nitrogen and oxygen atoms in total. The maximum atomic E-state index is 6.22. The Kier molecular flexibility index (Phi) is 5.01. The van der Waals surface area contributed by atoms with Crippen LogP contribution in [0.4, 0.5) is 5.69 Å². The molecular weight excluding hydrogens is 366 g/mol. The molecule has 0 atom stereocenters. The summed E-state index contributed by atoms with van der Waals surface area (Å²) in [5, 5.41) is 9.57. The second-order valence-electron chi connectivity index (χ2n) is 7.99. The number of anilines is 1. The maximum Gasteiger partial charge on any atom is 0.224 e. The number of aromatic nitrogens is 5. The van der Waals surface area contributed by atoms with E-state index in [4.69, 9.17) is 4.74 Å². The third-order valence-corrected chi connectivity index (χ3v) is 5.93. The molecule has 3 heterocycles. The van der Waals surface area contributed by atoms with Gasteiger partial charge in [0.05, 0.1) is 22.8 Å². The van der Waals surface area contributed by atoms with Crippen molar-refractivity contribution in [1.29, 1.82) is 0 Å². The van der Waals surface area contributed by atoms with E-state index in [1.807, 2.05) is 13.2 Å². The van der Waals surface area contributed by atoms with Gasteiger partial charge in [-0.05, 0) is 43.9 Å². The zero-order chi connectivity index (χ0) is 19.6. The van der Waals surface area contributed by atoms with E-state index < -0.39 is 0 Å². The molecule has 3 aromatic rings. The Morgan fingerprint density at radius 1 is 1.07 bits per heavy atom. The molecule has 1 aromatic carbocycles. The molecular formula is C21H27N7O. The molecule has 1 saturated carbocycles. The summed E-state index contributed by atoms with van der Waals surface area (Å²) in [5.74, 6) is 0.727. The molecule has 0 amide bonds. The summed E-state index contributed by atoms with van der Waals surface area (Å²) in [4.78, 5) is 15.4. The first kappa shape index (κ1) is 18.3. The summed E-state index contributed by atoms with van der Waals surface area (Å²) >= 11 is 0. The van der Waals surface area contributed by atoms with Crippen LogP contribution in [-0.2, 0) is 13.6 Å². The Bertz CT molecular complexity index is 974. The van der Waals surface area contributed by atoms with E-state index in [9.17, 15) is 0 Å². The standard InChI is InChI=1S/C21H27N7O/c1-26-24-13-16(25-26)14-27-8-10-28(11-9-27)17-6-7-20-19(12-17)21(23-15-22-20)29-18-4-2-3-5-18/h6-7,12-13,15,18H,2-5,8-11,14H2,1H3. The van der Waals surface area contributed by atoms with Gasteiger partial charge in [-0.1, -0.05) is 0 Å². The van der Waals surface area contributed by atoms with Gasteiger partial charge in [-0.3, -0.25) is 4.90 Å². The first-order chi connectivity index (χ1) is 14.2. The van der Waals surface area contributed by atoms with Crippen molar-refractivity contribution >= 4 is 16.6 Å². The fourth-order valence-electron chi connectivity index (χ4n) is 4.33. The Morgan fingerprint density at radius 2 is 1.90 bits per heavy atom. The van der Waals surface area contributed by atoms with Crippen LogP contribution in [0.5, 0.6) is 5.88 Å². The van der Waals surface area contributed by atoms with Gasteiger partial charge < -0.3 is 9.64 Å². The first-order valence-corrected chi connectivity index (χ1v) is 10.5. The molecule has 0 unspecified atom stereocenters. The lowest BCUT2D eigenvalue weighted by Gasteiger charge is -2.35. The largest absolute Gasteiger partial charge is 0.474 e. The van der Waals surface area contributed by atoms with Gasteiger partial charge >= 0.3 is 0 Å². The van der Waals surface area contributed by atoms with E-state index in [-0.39, 0.29) is 0 Å².